The van der Waals surface area contributed by atoms with Gasteiger partial charge in [0.15, 0.2) is 0 Å². The van der Waals surface area contributed by atoms with Gasteiger partial charge in [0.1, 0.15) is 0 Å². The second kappa shape index (κ2) is 6.39. The van der Waals surface area contributed by atoms with Crippen molar-refractivity contribution in [3.63, 3.8) is 0 Å². The molecular formula is C16H19NO3S. The van der Waals surface area contributed by atoms with Crippen LogP contribution in [-0.4, -0.2) is 20.1 Å². The maximum Gasteiger partial charge on any atom is 0.238 e. The first-order valence-electron chi connectivity index (χ1n) is 6.72. The molecule has 2 atom stereocenters. The summed E-state index contributed by atoms with van der Waals surface area (Å²) < 4.78 is 23.5. The summed E-state index contributed by atoms with van der Waals surface area (Å²) in [7, 11) is -3.82. The Labute approximate surface area is 125 Å². The molecule has 112 valence electrons. The van der Waals surface area contributed by atoms with Crippen LogP contribution < -0.4 is 5.14 Å². The monoisotopic (exact) mass is 305 g/mol. The van der Waals surface area contributed by atoms with Gasteiger partial charge in [-0.2, -0.15) is 0 Å². The third-order valence-corrected chi connectivity index (χ3v) is 4.74. The highest BCUT2D eigenvalue weighted by Crippen LogP contribution is 2.35. The summed E-state index contributed by atoms with van der Waals surface area (Å²) in [5, 5.41) is 15.0. The quantitative estimate of drug-likeness (QED) is 0.888. The smallest absolute Gasteiger partial charge is 0.238 e. The molecule has 2 aromatic carbocycles. The molecule has 0 spiro atoms. The fourth-order valence-electron chi connectivity index (χ4n) is 2.56. The number of aliphatic hydroxyl groups is 1. The van der Waals surface area contributed by atoms with Gasteiger partial charge in [-0.05, 0) is 23.1 Å². The average Bonchev–Trinajstić information content (AvgIpc) is 2.48. The van der Waals surface area contributed by atoms with Crippen molar-refractivity contribution in [2.45, 2.75) is 23.7 Å². The number of aliphatic hydroxyl groups excluding tert-OH is 1. The zero-order valence-electron chi connectivity index (χ0n) is 11.8. The van der Waals surface area contributed by atoms with Crippen LogP contribution in [0.25, 0.3) is 0 Å². The topological polar surface area (TPSA) is 80.4 Å². The Balaban J connectivity index is 2.48. The van der Waals surface area contributed by atoms with E-state index in [-0.39, 0.29) is 23.3 Å². The van der Waals surface area contributed by atoms with Crippen molar-refractivity contribution in [2.75, 3.05) is 6.61 Å². The minimum Gasteiger partial charge on any atom is -0.396 e. The molecule has 0 aliphatic rings. The number of rotatable bonds is 5. The van der Waals surface area contributed by atoms with E-state index in [1.54, 1.807) is 18.2 Å². The van der Waals surface area contributed by atoms with Gasteiger partial charge in [-0.15, -0.1) is 0 Å². The molecule has 0 aliphatic heterocycles. The molecule has 21 heavy (non-hydrogen) atoms. The Hall–Kier alpha value is -1.69. The lowest BCUT2D eigenvalue weighted by Crippen LogP contribution is -2.20. The Kier molecular flexibility index (Phi) is 4.77. The molecule has 0 amide bonds. The second-order valence-corrected chi connectivity index (χ2v) is 6.60. The minimum atomic E-state index is -3.82. The van der Waals surface area contributed by atoms with Crippen molar-refractivity contribution < 1.29 is 13.5 Å². The van der Waals surface area contributed by atoms with E-state index < -0.39 is 10.0 Å². The average molecular weight is 305 g/mol. The number of hydrogen-bond donors (Lipinski definition) is 2. The highest BCUT2D eigenvalue weighted by Gasteiger charge is 2.25. The second-order valence-electron chi connectivity index (χ2n) is 5.07. The van der Waals surface area contributed by atoms with Gasteiger partial charge in [0.2, 0.25) is 10.0 Å². The van der Waals surface area contributed by atoms with Gasteiger partial charge in [0.25, 0.3) is 0 Å². The molecule has 0 heterocycles. The first-order valence-corrected chi connectivity index (χ1v) is 8.27. The largest absolute Gasteiger partial charge is 0.396 e. The van der Waals surface area contributed by atoms with E-state index in [1.165, 1.54) is 6.07 Å². The number of primary sulfonamides is 1. The number of hydrogen-bond acceptors (Lipinski definition) is 3. The number of sulfonamides is 1. The van der Waals surface area contributed by atoms with Crippen LogP contribution in [0, 0.1) is 0 Å². The lowest BCUT2D eigenvalue weighted by molar-refractivity contribution is 0.250. The van der Waals surface area contributed by atoms with Crippen LogP contribution in [0.3, 0.4) is 0 Å². The zero-order chi connectivity index (χ0) is 15.5. The molecule has 2 rings (SSSR count). The fraction of sp³-hybridized carbons (Fsp3) is 0.250. The van der Waals surface area contributed by atoms with Crippen molar-refractivity contribution in [3.05, 3.63) is 65.7 Å². The van der Waals surface area contributed by atoms with Crippen LogP contribution in [-0.2, 0) is 10.0 Å². The van der Waals surface area contributed by atoms with Crippen LogP contribution >= 0.6 is 0 Å². The van der Waals surface area contributed by atoms with Crippen LogP contribution in [0.15, 0.2) is 59.5 Å². The van der Waals surface area contributed by atoms with Gasteiger partial charge < -0.3 is 5.11 Å². The summed E-state index contributed by atoms with van der Waals surface area (Å²) in [6.07, 6.45) is 0. The molecule has 0 aromatic heterocycles. The predicted molar refractivity (Wildman–Crippen MR) is 82.5 cm³/mol. The van der Waals surface area contributed by atoms with E-state index in [0.29, 0.717) is 5.56 Å². The third kappa shape index (κ3) is 3.50. The van der Waals surface area contributed by atoms with Gasteiger partial charge in [-0.1, -0.05) is 55.5 Å². The van der Waals surface area contributed by atoms with E-state index >= 15 is 0 Å². The molecule has 0 fully saturated rings. The summed E-state index contributed by atoms with van der Waals surface area (Å²) in [6.45, 7) is 1.82. The molecule has 0 radical (unpaired) electrons. The Morgan fingerprint density at radius 2 is 1.62 bits per heavy atom. The standard InChI is InChI=1S/C16H19NO3S/c1-12(13-7-3-2-4-8-13)15(11-18)14-9-5-6-10-16(14)21(17,19)20/h2-10,12,15,18H,11H2,1H3,(H2,17,19,20)/t12-,15+/m1/s1. The molecule has 0 aliphatic carbocycles. The molecule has 4 nitrogen and oxygen atoms in total. The Morgan fingerprint density at radius 3 is 2.19 bits per heavy atom. The number of benzene rings is 2. The van der Waals surface area contributed by atoms with Crippen LogP contribution in [0.2, 0.25) is 0 Å². The molecular weight excluding hydrogens is 286 g/mol. The van der Waals surface area contributed by atoms with Gasteiger partial charge in [0.05, 0.1) is 11.5 Å². The van der Waals surface area contributed by atoms with Gasteiger partial charge in [-0.3, -0.25) is 0 Å². The SMILES string of the molecule is C[C@H](c1ccccc1)[C@H](CO)c1ccccc1S(N)(=O)=O. The normalized spacial score (nSPS) is 14.6. The lowest BCUT2D eigenvalue weighted by Gasteiger charge is -2.24. The van der Waals surface area contributed by atoms with Crippen molar-refractivity contribution in [2.24, 2.45) is 5.14 Å². The molecule has 3 N–H and O–H groups in total. The maximum atomic E-state index is 11.7. The molecule has 0 saturated heterocycles. The first kappa shape index (κ1) is 15.7. The molecule has 0 unspecified atom stereocenters. The molecule has 0 saturated carbocycles. The van der Waals surface area contributed by atoms with Gasteiger partial charge in [-0.25, -0.2) is 13.6 Å². The lowest BCUT2D eigenvalue weighted by atomic mass is 9.83. The highest BCUT2D eigenvalue weighted by atomic mass is 32.2. The van der Waals surface area contributed by atoms with E-state index in [1.807, 2.05) is 37.3 Å². The van der Waals surface area contributed by atoms with Gasteiger partial charge >= 0.3 is 0 Å². The van der Waals surface area contributed by atoms with Crippen molar-refractivity contribution in [1.29, 1.82) is 0 Å². The van der Waals surface area contributed by atoms with Crippen LogP contribution in [0.4, 0.5) is 0 Å². The van der Waals surface area contributed by atoms with Crippen molar-refractivity contribution >= 4 is 10.0 Å². The summed E-state index contributed by atoms with van der Waals surface area (Å²) in [4.78, 5) is 0.0758. The third-order valence-electron chi connectivity index (χ3n) is 3.75. The summed E-state index contributed by atoms with van der Waals surface area (Å²) >= 11 is 0. The summed E-state index contributed by atoms with van der Waals surface area (Å²) in [5.41, 5.74) is 1.60. The number of nitrogens with two attached hydrogens (primary N) is 1. The fourth-order valence-corrected chi connectivity index (χ4v) is 3.38. The first-order chi connectivity index (χ1) is 9.95. The highest BCUT2D eigenvalue weighted by molar-refractivity contribution is 7.89. The van der Waals surface area contributed by atoms with Crippen molar-refractivity contribution in [1.82, 2.24) is 0 Å². The van der Waals surface area contributed by atoms with E-state index in [4.69, 9.17) is 5.14 Å². The molecule has 0 bridgehead atoms. The predicted octanol–water partition coefficient (Wildman–Crippen LogP) is 2.21. The molecule has 2 aromatic rings. The Bertz CT molecular complexity index is 698. The zero-order valence-corrected chi connectivity index (χ0v) is 12.6. The Morgan fingerprint density at radius 1 is 1.05 bits per heavy atom. The van der Waals surface area contributed by atoms with Crippen molar-refractivity contribution in [3.8, 4) is 0 Å². The van der Waals surface area contributed by atoms with Crippen LogP contribution in [0.1, 0.15) is 29.9 Å². The van der Waals surface area contributed by atoms with E-state index in [0.717, 1.165) is 5.56 Å². The van der Waals surface area contributed by atoms with Crippen LogP contribution in [0.5, 0.6) is 0 Å². The summed E-state index contributed by atoms with van der Waals surface area (Å²) in [6, 6.07) is 16.3. The van der Waals surface area contributed by atoms with Gasteiger partial charge in [0, 0.05) is 5.92 Å². The van der Waals surface area contributed by atoms with E-state index in [2.05, 4.69) is 0 Å². The maximum absolute atomic E-state index is 11.7. The minimum absolute atomic E-state index is 0.0286. The van der Waals surface area contributed by atoms with E-state index in [9.17, 15) is 13.5 Å². The molecule has 5 heteroatoms. The summed E-state index contributed by atoms with van der Waals surface area (Å²) in [5.74, 6) is -0.360.